The minimum atomic E-state index is -0.991. The molecule has 0 spiro atoms. The number of benzene rings is 1. The topological polar surface area (TPSA) is 133 Å². The molecule has 2 heterocycles. The Balaban J connectivity index is 1.80. The van der Waals surface area contributed by atoms with Gasteiger partial charge < -0.3 is 24.6 Å². The van der Waals surface area contributed by atoms with Gasteiger partial charge in [0, 0.05) is 32.4 Å². The lowest BCUT2D eigenvalue weighted by Crippen LogP contribution is -2.46. The summed E-state index contributed by atoms with van der Waals surface area (Å²) >= 11 is 12.0. The fraction of sp³-hybridized carbons (Fsp3) is 0.350. The lowest BCUT2D eigenvalue weighted by molar-refractivity contribution is 0.0702. The van der Waals surface area contributed by atoms with Crippen molar-refractivity contribution in [2.75, 3.05) is 13.1 Å². The highest BCUT2D eigenvalue weighted by Gasteiger charge is 2.29. The van der Waals surface area contributed by atoms with Gasteiger partial charge in [0.25, 0.3) is 11.8 Å². The summed E-state index contributed by atoms with van der Waals surface area (Å²) in [4.78, 5) is 37.5. The quantitative estimate of drug-likeness (QED) is 0.368. The molecule has 0 saturated carbocycles. The van der Waals surface area contributed by atoms with Crippen LogP contribution >= 0.6 is 23.2 Å². The summed E-state index contributed by atoms with van der Waals surface area (Å²) in [5, 5.41) is 21.7. The van der Waals surface area contributed by atoms with E-state index in [2.05, 4.69) is 5.32 Å². The number of nitrogens with zero attached hydrogens (tertiary/aromatic N) is 2. The van der Waals surface area contributed by atoms with E-state index in [0.29, 0.717) is 41.5 Å². The van der Waals surface area contributed by atoms with Crippen LogP contribution in [0, 0.1) is 0 Å². The fourth-order valence-electron chi connectivity index (χ4n) is 3.49. The Morgan fingerprint density at radius 1 is 1.16 bits per heavy atom. The molecule has 0 bridgehead atoms. The molecule has 1 aliphatic heterocycles. The maximum absolute atomic E-state index is 13.0. The van der Waals surface area contributed by atoms with E-state index in [1.165, 1.54) is 15.7 Å². The van der Waals surface area contributed by atoms with Crippen molar-refractivity contribution in [1.29, 1.82) is 0 Å². The number of hydrogen-bond acceptors (Lipinski definition) is 5. The number of nitrogens with one attached hydrogen (secondary N) is 2. The number of likely N-dealkylation sites (tertiary alicyclic amines) is 1. The zero-order valence-electron chi connectivity index (χ0n) is 17.1. The van der Waals surface area contributed by atoms with Crippen LogP contribution in [-0.2, 0) is 13.7 Å². The van der Waals surface area contributed by atoms with Gasteiger partial charge in [-0.2, -0.15) is 0 Å². The Labute approximate surface area is 193 Å². The van der Waals surface area contributed by atoms with Gasteiger partial charge in [0.1, 0.15) is 17.9 Å². The number of carboxylic acid groups (broad SMARTS) is 1. The number of carbonyl (C=O) groups is 3. The number of hydroxylamine groups is 1. The minimum absolute atomic E-state index is 0.00871. The Kier molecular flexibility index (Phi) is 7.49. The second-order valence-electron chi connectivity index (χ2n) is 7.33. The van der Waals surface area contributed by atoms with Crippen molar-refractivity contribution in [3.8, 4) is 5.75 Å². The highest BCUT2D eigenvalue weighted by molar-refractivity contribution is 6.42. The van der Waals surface area contributed by atoms with Crippen LogP contribution in [0.1, 0.15) is 39.3 Å². The maximum atomic E-state index is 13.0. The summed E-state index contributed by atoms with van der Waals surface area (Å²) in [5.74, 6) is -1.33. The van der Waals surface area contributed by atoms with E-state index in [1.807, 2.05) is 0 Å². The first-order valence-corrected chi connectivity index (χ1v) is 10.5. The molecule has 3 amide bonds. The van der Waals surface area contributed by atoms with Crippen LogP contribution in [-0.4, -0.2) is 56.8 Å². The molecule has 1 aliphatic rings. The van der Waals surface area contributed by atoms with Gasteiger partial charge in [0.2, 0.25) is 0 Å². The molecular weight excluding hydrogens is 463 g/mol. The first-order chi connectivity index (χ1) is 15.2. The third kappa shape index (κ3) is 5.26. The predicted molar refractivity (Wildman–Crippen MR) is 116 cm³/mol. The summed E-state index contributed by atoms with van der Waals surface area (Å²) in [5.41, 5.74) is 2.27. The molecule has 1 saturated heterocycles. The van der Waals surface area contributed by atoms with Gasteiger partial charge in [-0.15, -0.1) is 0 Å². The summed E-state index contributed by atoms with van der Waals surface area (Å²) < 4.78 is 7.24. The zero-order chi connectivity index (χ0) is 23.4. The number of carbonyl (C=O) groups excluding carboxylic acids is 2. The lowest BCUT2D eigenvalue weighted by atomic mass is 10.1. The molecule has 32 heavy (non-hydrogen) atoms. The van der Waals surface area contributed by atoms with Gasteiger partial charge in [-0.1, -0.05) is 29.3 Å². The van der Waals surface area contributed by atoms with Crippen molar-refractivity contribution in [1.82, 2.24) is 20.3 Å². The molecule has 4 N–H and O–H groups in total. The number of amides is 3. The van der Waals surface area contributed by atoms with E-state index >= 15 is 0 Å². The summed E-state index contributed by atoms with van der Waals surface area (Å²) in [6, 6.07) is 4.67. The van der Waals surface area contributed by atoms with Crippen LogP contribution in [0.5, 0.6) is 5.75 Å². The van der Waals surface area contributed by atoms with Crippen LogP contribution in [0.25, 0.3) is 0 Å². The molecule has 0 radical (unpaired) electrons. The molecular formula is C20H22Cl2N4O6. The molecule has 0 aliphatic carbocycles. The summed E-state index contributed by atoms with van der Waals surface area (Å²) in [6.45, 7) is 0.614. The molecule has 3 rings (SSSR count). The highest BCUT2D eigenvalue weighted by Crippen LogP contribution is 2.29. The molecule has 0 unspecified atom stereocenters. The van der Waals surface area contributed by atoms with Gasteiger partial charge in [-0.25, -0.2) is 10.3 Å². The van der Waals surface area contributed by atoms with Gasteiger partial charge >= 0.3 is 6.09 Å². The predicted octanol–water partition coefficient (Wildman–Crippen LogP) is 2.90. The number of hydrogen-bond donors (Lipinski definition) is 4. The lowest BCUT2D eigenvalue weighted by Gasteiger charge is -2.30. The first kappa shape index (κ1) is 23.7. The van der Waals surface area contributed by atoms with Gasteiger partial charge in [-0.05, 0) is 30.5 Å². The Hall–Kier alpha value is -2.95. The SMILES string of the molecule is Cn1cc(C(=O)NO)c(OCc2ccc(Cl)c(Cl)c2)c1C(=O)NC1CCN(C(=O)O)CC1. The van der Waals surface area contributed by atoms with E-state index in [1.54, 1.807) is 30.7 Å². The molecule has 1 aromatic carbocycles. The summed E-state index contributed by atoms with van der Waals surface area (Å²) in [7, 11) is 1.57. The smallest absolute Gasteiger partial charge is 0.407 e. The van der Waals surface area contributed by atoms with Crippen LogP contribution in [0.3, 0.4) is 0 Å². The second kappa shape index (κ2) is 10.1. The van der Waals surface area contributed by atoms with E-state index in [9.17, 15) is 14.4 Å². The third-order valence-electron chi connectivity index (χ3n) is 5.16. The van der Waals surface area contributed by atoms with Gasteiger partial charge in [0.05, 0.1) is 10.0 Å². The third-order valence-corrected chi connectivity index (χ3v) is 5.90. The number of aromatic nitrogens is 1. The molecule has 10 nitrogen and oxygen atoms in total. The fourth-order valence-corrected chi connectivity index (χ4v) is 3.81. The highest BCUT2D eigenvalue weighted by atomic mass is 35.5. The molecule has 1 aromatic heterocycles. The van der Waals surface area contributed by atoms with E-state index in [0.717, 1.165) is 0 Å². The Bertz CT molecular complexity index is 1030. The van der Waals surface area contributed by atoms with Crippen molar-refractivity contribution in [3.63, 3.8) is 0 Å². The Morgan fingerprint density at radius 3 is 2.44 bits per heavy atom. The second-order valence-corrected chi connectivity index (χ2v) is 8.14. The van der Waals surface area contributed by atoms with Crippen LogP contribution in [0.15, 0.2) is 24.4 Å². The number of rotatable bonds is 6. The van der Waals surface area contributed by atoms with Crippen molar-refractivity contribution in [3.05, 3.63) is 51.3 Å². The monoisotopic (exact) mass is 484 g/mol. The summed E-state index contributed by atoms with van der Waals surface area (Å²) in [6.07, 6.45) is 1.31. The molecule has 2 aromatic rings. The number of halogens is 2. The molecule has 172 valence electrons. The van der Waals surface area contributed by atoms with Crippen LogP contribution in [0.4, 0.5) is 4.79 Å². The van der Waals surface area contributed by atoms with Crippen molar-refractivity contribution in [2.45, 2.75) is 25.5 Å². The normalized spacial score (nSPS) is 14.2. The minimum Gasteiger partial charge on any atom is -0.486 e. The largest absolute Gasteiger partial charge is 0.486 e. The van der Waals surface area contributed by atoms with Crippen molar-refractivity contribution < 1.29 is 29.4 Å². The van der Waals surface area contributed by atoms with Crippen LogP contribution < -0.4 is 15.5 Å². The van der Waals surface area contributed by atoms with E-state index in [4.69, 9.17) is 38.3 Å². The Morgan fingerprint density at radius 2 is 1.84 bits per heavy atom. The molecule has 1 fully saturated rings. The van der Waals surface area contributed by atoms with E-state index in [-0.39, 0.29) is 29.7 Å². The average Bonchev–Trinajstić information content (AvgIpc) is 3.10. The molecule has 0 atom stereocenters. The number of piperidine rings is 1. The number of ether oxygens (including phenoxy) is 1. The van der Waals surface area contributed by atoms with Gasteiger partial charge in [0.15, 0.2) is 5.75 Å². The van der Waals surface area contributed by atoms with Crippen LogP contribution in [0.2, 0.25) is 10.0 Å². The number of aryl methyl sites for hydroxylation is 1. The average molecular weight is 485 g/mol. The van der Waals surface area contributed by atoms with Gasteiger partial charge in [-0.3, -0.25) is 14.8 Å². The first-order valence-electron chi connectivity index (χ1n) is 9.70. The van der Waals surface area contributed by atoms with Crippen molar-refractivity contribution >= 4 is 41.1 Å². The maximum Gasteiger partial charge on any atom is 0.407 e. The molecule has 12 heteroatoms. The van der Waals surface area contributed by atoms with Crippen molar-refractivity contribution in [2.24, 2.45) is 7.05 Å². The zero-order valence-corrected chi connectivity index (χ0v) is 18.6. The van der Waals surface area contributed by atoms with E-state index < -0.39 is 17.9 Å². The standard InChI is InChI=1S/C20H22Cl2N4O6/c1-25-9-13(18(27)24-31)17(32-10-11-2-3-14(21)15(22)8-11)16(25)19(28)23-12-4-6-26(7-5-12)20(29)30/h2-3,8-9,12,31H,4-7,10H2,1H3,(H,23,28)(H,24,27)(H,29,30).